The molecule has 1 heterocycles. The van der Waals surface area contributed by atoms with Crippen LogP contribution in [0.5, 0.6) is 0 Å². The summed E-state index contributed by atoms with van der Waals surface area (Å²) in [6, 6.07) is 7.98. The number of amides is 1. The molecule has 18 heavy (non-hydrogen) atoms. The number of carbonyl (C=O) groups is 1. The van der Waals surface area contributed by atoms with Crippen molar-refractivity contribution in [3.05, 3.63) is 29.3 Å². The second-order valence-corrected chi connectivity index (χ2v) is 4.82. The third-order valence-corrected chi connectivity index (χ3v) is 3.44. The van der Waals surface area contributed by atoms with Gasteiger partial charge < -0.3 is 10.2 Å². The van der Waals surface area contributed by atoms with Crippen LogP contribution in [-0.2, 0) is 4.79 Å². The summed E-state index contributed by atoms with van der Waals surface area (Å²) >= 11 is 6.00. The van der Waals surface area contributed by atoms with E-state index in [0.717, 1.165) is 50.7 Å². The first kappa shape index (κ1) is 13.2. The number of halogens is 1. The van der Waals surface area contributed by atoms with Gasteiger partial charge in [0.15, 0.2) is 0 Å². The van der Waals surface area contributed by atoms with Crippen LogP contribution in [-0.4, -0.2) is 50.6 Å². The van der Waals surface area contributed by atoms with Crippen LogP contribution in [0.1, 0.15) is 0 Å². The molecule has 0 saturated carbocycles. The van der Waals surface area contributed by atoms with Gasteiger partial charge in [-0.15, -0.1) is 0 Å². The van der Waals surface area contributed by atoms with Crippen LogP contribution >= 0.6 is 11.6 Å². The van der Waals surface area contributed by atoms with Gasteiger partial charge in [-0.1, -0.05) is 17.7 Å². The van der Waals surface area contributed by atoms with E-state index < -0.39 is 0 Å². The molecule has 1 saturated heterocycles. The summed E-state index contributed by atoms with van der Waals surface area (Å²) in [5.41, 5.74) is 1.19. The van der Waals surface area contributed by atoms with E-state index >= 15 is 0 Å². The van der Waals surface area contributed by atoms with Gasteiger partial charge in [-0.05, 0) is 18.2 Å². The van der Waals surface area contributed by atoms with Gasteiger partial charge in [0.05, 0.1) is 0 Å². The van der Waals surface area contributed by atoms with E-state index in [0.29, 0.717) is 0 Å². The normalized spacial score (nSPS) is 16.6. The maximum absolute atomic E-state index is 10.2. The summed E-state index contributed by atoms with van der Waals surface area (Å²) in [4.78, 5) is 14.9. The van der Waals surface area contributed by atoms with Crippen LogP contribution in [0.3, 0.4) is 0 Å². The lowest BCUT2D eigenvalue weighted by Crippen LogP contribution is -2.48. The molecule has 2 rings (SSSR count). The maximum Gasteiger partial charge on any atom is 0.207 e. The molecule has 0 spiro atoms. The molecule has 1 fully saturated rings. The molecule has 0 aromatic heterocycles. The lowest BCUT2D eigenvalue weighted by atomic mass is 10.2. The Labute approximate surface area is 113 Å². The van der Waals surface area contributed by atoms with Crippen molar-refractivity contribution in [2.24, 2.45) is 0 Å². The topological polar surface area (TPSA) is 35.6 Å². The third kappa shape index (κ3) is 3.62. The summed E-state index contributed by atoms with van der Waals surface area (Å²) in [7, 11) is 0. The Kier molecular flexibility index (Phi) is 4.84. The molecule has 0 bridgehead atoms. The monoisotopic (exact) mass is 267 g/mol. The van der Waals surface area contributed by atoms with E-state index in [-0.39, 0.29) is 0 Å². The molecule has 0 radical (unpaired) electrons. The predicted molar refractivity (Wildman–Crippen MR) is 74.2 cm³/mol. The van der Waals surface area contributed by atoms with Crippen molar-refractivity contribution in [3.8, 4) is 0 Å². The molecule has 0 unspecified atom stereocenters. The second kappa shape index (κ2) is 6.61. The number of rotatable bonds is 5. The molecule has 0 aliphatic carbocycles. The molecule has 4 nitrogen and oxygen atoms in total. The summed E-state index contributed by atoms with van der Waals surface area (Å²) in [6.07, 6.45) is 0.752. The Morgan fingerprint density at radius 1 is 1.28 bits per heavy atom. The van der Waals surface area contributed by atoms with Crippen molar-refractivity contribution >= 4 is 23.7 Å². The molecule has 1 aromatic rings. The summed E-state index contributed by atoms with van der Waals surface area (Å²) in [5.74, 6) is 0. The van der Waals surface area contributed by atoms with Gasteiger partial charge in [-0.3, -0.25) is 9.69 Å². The molecule has 1 aliphatic rings. The zero-order chi connectivity index (χ0) is 12.8. The van der Waals surface area contributed by atoms with Gasteiger partial charge in [-0.2, -0.15) is 0 Å². The van der Waals surface area contributed by atoms with Crippen LogP contribution in [0.2, 0.25) is 5.02 Å². The van der Waals surface area contributed by atoms with Crippen LogP contribution < -0.4 is 10.2 Å². The first-order chi connectivity index (χ1) is 8.79. The van der Waals surface area contributed by atoms with Crippen LogP contribution in [0, 0.1) is 0 Å². The zero-order valence-corrected chi connectivity index (χ0v) is 11.1. The number of benzene rings is 1. The SMILES string of the molecule is O=CNCCN1CCN(c2cccc(Cl)c2)CC1. The van der Waals surface area contributed by atoms with Crippen LogP contribution in [0.25, 0.3) is 0 Å². The van der Waals surface area contributed by atoms with E-state index in [1.54, 1.807) is 0 Å². The highest BCUT2D eigenvalue weighted by Gasteiger charge is 2.16. The lowest BCUT2D eigenvalue weighted by molar-refractivity contribution is -0.109. The minimum atomic E-state index is 0.723. The van der Waals surface area contributed by atoms with E-state index in [4.69, 9.17) is 11.6 Å². The molecular weight excluding hydrogens is 250 g/mol. The van der Waals surface area contributed by atoms with E-state index in [2.05, 4.69) is 21.2 Å². The first-order valence-corrected chi connectivity index (χ1v) is 6.57. The van der Waals surface area contributed by atoms with Gasteiger partial charge in [0.25, 0.3) is 0 Å². The van der Waals surface area contributed by atoms with E-state index in [9.17, 15) is 4.79 Å². The molecule has 1 amide bonds. The standard InChI is InChI=1S/C13H18ClN3O/c14-12-2-1-3-13(10-12)17-8-6-16(7-9-17)5-4-15-11-18/h1-3,10-11H,4-9H2,(H,15,18). The number of anilines is 1. The van der Waals surface area contributed by atoms with E-state index in [1.165, 1.54) is 5.69 Å². The predicted octanol–water partition coefficient (Wildman–Crippen LogP) is 1.21. The largest absolute Gasteiger partial charge is 0.369 e. The second-order valence-electron chi connectivity index (χ2n) is 4.38. The van der Waals surface area contributed by atoms with Gasteiger partial charge in [0, 0.05) is 50.0 Å². The fraction of sp³-hybridized carbons (Fsp3) is 0.462. The Morgan fingerprint density at radius 2 is 2.06 bits per heavy atom. The molecule has 1 aliphatic heterocycles. The fourth-order valence-electron chi connectivity index (χ4n) is 2.18. The number of nitrogens with one attached hydrogen (secondary N) is 1. The van der Waals surface area contributed by atoms with Gasteiger partial charge in [0.2, 0.25) is 6.41 Å². The smallest absolute Gasteiger partial charge is 0.207 e. The van der Waals surface area contributed by atoms with Crippen molar-refractivity contribution in [2.45, 2.75) is 0 Å². The lowest BCUT2D eigenvalue weighted by Gasteiger charge is -2.36. The minimum absolute atomic E-state index is 0.723. The highest BCUT2D eigenvalue weighted by molar-refractivity contribution is 6.30. The molecule has 98 valence electrons. The molecule has 1 aromatic carbocycles. The molecule has 5 heteroatoms. The Hall–Kier alpha value is -1.26. The fourth-order valence-corrected chi connectivity index (χ4v) is 2.37. The zero-order valence-electron chi connectivity index (χ0n) is 10.3. The molecular formula is C13H18ClN3O. The highest BCUT2D eigenvalue weighted by Crippen LogP contribution is 2.20. The van der Waals surface area contributed by atoms with Crippen molar-refractivity contribution < 1.29 is 4.79 Å². The average molecular weight is 268 g/mol. The Morgan fingerprint density at radius 3 is 2.72 bits per heavy atom. The van der Waals surface area contributed by atoms with Crippen molar-refractivity contribution in [2.75, 3.05) is 44.2 Å². The number of piperazine rings is 1. The number of hydrogen-bond donors (Lipinski definition) is 1. The van der Waals surface area contributed by atoms with Crippen LogP contribution in [0.15, 0.2) is 24.3 Å². The van der Waals surface area contributed by atoms with Crippen molar-refractivity contribution in [3.63, 3.8) is 0 Å². The number of hydrogen-bond acceptors (Lipinski definition) is 3. The van der Waals surface area contributed by atoms with Gasteiger partial charge in [-0.25, -0.2) is 0 Å². The number of carbonyl (C=O) groups excluding carboxylic acids is 1. The van der Waals surface area contributed by atoms with Crippen molar-refractivity contribution in [1.29, 1.82) is 0 Å². The number of nitrogens with zero attached hydrogens (tertiary/aromatic N) is 2. The Balaban J connectivity index is 1.81. The minimum Gasteiger partial charge on any atom is -0.369 e. The van der Waals surface area contributed by atoms with Crippen molar-refractivity contribution in [1.82, 2.24) is 10.2 Å². The quantitative estimate of drug-likeness (QED) is 0.643. The highest BCUT2D eigenvalue weighted by atomic mass is 35.5. The summed E-state index contributed by atoms with van der Waals surface area (Å²) in [5, 5.41) is 3.48. The third-order valence-electron chi connectivity index (χ3n) is 3.20. The van der Waals surface area contributed by atoms with Gasteiger partial charge >= 0.3 is 0 Å². The molecule has 1 N–H and O–H groups in total. The van der Waals surface area contributed by atoms with Crippen LogP contribution in [0.4, 0.5) is 5.69 Å². The maximum atomic E-state index is 10.2. The Bertz CT molecular complexity index is 392. The van der Waals surface area contributed by atoms with E-state index in [1.807, 2.05) is 18.2 Å². The molecule has 0 atom stereocenters. The van der Waals surface area contributed by atoms with Gasteiger partial charge in [0.1, 0.15) is 0 Å². The summed E-state index contributed by atoms with van der Waals surface area (Å²) < 4.78 is 0. The average Bonchev–Trinajstić information content (AvgIpc) is 2.40. The summed E-state index contributed by atoms with van der Waals surface area (Å²) in [6.45, 7) is 5.69. The first-order valence-electron chi connectivity index (χ1n) is 6.19.